The minimum atomic E-state index is -0.290. The van der Waals surface area contributed by atoms with Crippen LogP contribution < -0.4 is 15.8 Å². The summed E-state index contributed by atoms with van der Waals surface area (Å²) >= 11 is 0. The van der Waals surface area contributed by atoms with Crippen LogP contribution in [0.15, 0.2) is 47.5 Å². The molecule has 122 valence electrons. The number of rotatable bonds is 6. The Balaban J connectivity index is 2.02. The topological polar surface area (TPSA) is 68.9 Å². The quantitative estimate of drug-likeness (QED) is 0.635. The molecule has 0 amide bonds. The van der Waals surface area contributed by atoms with Crippen molar-refractivity contribution in [1.29, 1.82) is 0 Å². The Bertz CT molecular complexity index is 689. The zero-order valence-electron chi connectivity index (χ0n) is 13.2. The summed E-state index contributed by atoms with van der Waals surface area (Å²) < 4.78 is 23.7. The van der Waals surface area contributed by atoms with Crippen LogP contribution in [0.5, 0.6) is 5.75 Å². The van der Waals surface area contributed by atoms with Crippen LogP contribution >= 0.6 is 0 Å². The van der Waals surface area contributed by atoms with E-state index in [-0.39, 0.29) is 18.4 Å². The molecule has 0 saturated heterocycles. The van der Waals surface area contributed by atoms with E-state index in [1.54, 1.807) is 19.2 Å². The molecule has 23 heavy (non-hydrogen) atoms. The molecule has 0 fully saturated rings. The van der Waals surface area contributed by atoms with E-state index in [9.17, 15) is 4.39 Å². The van der Waals surface area contributed by atoms with Crippen molar-refractivity contribution in [3.05, 3.63) is 59.4 Å². The number of halogens is 1. The fraction of sp³-hybridized carbons (Fsp3) is 0.235. The van der Waals surface area contributed by atoms with Crippen LogP contribution in [0, 0.1) is 5.82 Å². The van der Waals surface area contributed by atoms with Crippen LogP contribution in [0.3, 0.4) is 0 Å². The maximum atomic E-state index is 13.5. The highest BCUT2D eigenvalue weighted by atomic mass is 19.1. The first kappa shape index (κ1) is 16.8. The number of benzene rings is 2. The van der Waals surface area contributed by atoms with E-state index in [1.165, 1.54) is 13.2 Å². The van der Waals surface area contributed by atoms with E-state index in [0.29, 0.717) is 12.1 Å². The fourth-order valence-electron chi connectivity index (χ4n) is 2.06. The Morgan fingerprint density at radius 3 is 2.78 bits per heavy atom. The van der Waals surface area contributed by atoms with Gasteiger partial charge in [0.2, 0.25) is 0 Å². The van der Waals surface area contributed by atoms with Gasteiger partial charge in [0, 0.05) is 24.4 Å². The van der Waals surface area contributed by atoms with Crippen LogP contribution in [0.2, 0.25) is 0 Å². The maximum absolute atomic E-state index is 13.5. The molecule has 0 spiro atoms. The van der Waals surface area contributed by atoms with Crippen molar-refractivity contribution in [2.45, 2.75) is 13.2 Å². The lowest BCUT2D eigenvalue weighted by molar-refractivity contribution is 0.181. The zero-order valence-corrected chi connectivity index (χ0v) is 13.2. The van der Waals surface area contributed by atoms with Crippen molar-refractivity contribution in [2.75, 3.05) is 19.5 Å². The van der Waals surface area contributed by atoms with Gasteiger partial charge in [0.15, 0.2) is 5.96 Å². The molecule has 2 rings (SSSR count). The van der Waals surface area contributed by atoms with E-state index in [0.717, 1.165) is 17.0 Å². The molecule has 2 aromatic carbocycles. The number of hydrogen-bond acceptors (Lipinski definition) is 3. The van der Waals surface area contributed by atoms with Crippen LogP contribution in [0.25, 0.3) is 0 Å². The number of anilines is 1. The number of nitrogens with two attached hydrogens (primary N) is 1. The summed E-state index contributed by atoms with van der Waals surface area (Å²) in [6.45, 7) is 0.570. The van der Waals surface area contributed by atoms with Crippen molar-refractivity contribution < 1.29 is 13.9 Å². The highest BCUT2D eigenvalue weighted by Crippen LogP contribution is 2.16. The number of guanidine groups is 1. The molecule has 0 aliphatic heterocycles. The molecule has 0 aromatic heterocycles. The van der Waals surface area contributed by atoms with Gasteiger partial charge in [-0.3, -0.25) is 0 Å². The molecule has 0 bridgehead atoms. The average molecular weight is 317 g/mol. The third-order valence-electron chi connectivity index (χ3n) is 3.18. The van der Waals surface area contributed by atoms with Crippen LogP contribution in [-0.2, 0) is 17.9 Å². The predicted octanol–water partition coefficient (Wildman–Crippen LogP) is 2.91. The van der Waals surface area contributed by atoms with Gasteiger partial charge in [-0.05, 0) is 29.8 Å². The number of nitrogens with zero attached hydrogens (tertiary/aromatic N) is 1. The van der Waals surface area contributed by atoms with Gasteiger partial charge in [-0.2, -0.15) is 0 Å². The van der Waals surface area contributed by atoms with Crippen LogP contribution in [-0.4, -0.2) is 20.2 Å². The van der Waals surface area contributed by atoms with E-state index >= 15 is 0 Å². The molecular weight excluding hydrogens is 297 g/mol. The van der Waals surface area contributed by atoms with Crippen LogP contribution in [0.1, 0.15) is 11.1 Å². The molecule has 0 atom stereocenters. The van der Waals surface area contributed by atoms with Gasteiger partial charge in [0.1, 0.15) is 11.6 Å². The molecular formula is C17H20FN3O2. The molecule has 0 radical (unpaired) electrons. The van der Waals surface area contributed by atoms with E-state index in [4.69, 9.17) is 15.2 Å². The van der Waals surface area contributed by atoms with Crippen molar-refractivity contribution in [3.63, 3.8) is 0 Å². The highest BCUT2D eigenvalue weighted by molar-refractivity contribution is 5.92. The summed E-state index contributed by atoms with van der Waals surface area (Å²) in [5.74, 6) is 0.712. The molecule has 6 heteroatoms. The molecule has 0 heterocycles. The molecule has 0 unspecified atom stereocenters. The summed E-state index contributed by atoms with van der Waals surface area (Å²) in [6, 6.07) is 12.2. The number of ether oxygens (including phenoxy) is 2. The maximum Gasteiger partial charge on any atom is 0.193 e. The van der Waals surface area contributed by atoms with Gasteiger partial charge in [-0.25, -0.2) is 9.38 Å². The standard InChI is InChI=1S/C17H20FN3O2/c1-22-11-13-8-12(6-7-16(13)18)10-20-17(19)21-14-4-3-5-15(9-14)23-2/h3-9H,10-11H2,1-2H3,(H3,19,20,21). The molecule has 0 saturated carbocycles. The van der Waals surface area contributed by atoms with Gasteiger partial charge >= 0.3 is 0 Å². The Labute approximate surface area is 134 Å². The van der Waals surface area contributed by atoms with Crippen molar-refractivity contribution in [1.82, 2.24) is 0 Å². The third kappa shape index (κ3) is 4.96. The Hall–Kier alpha value is -2.60. The predicted molar refractivity (Wildman–Crippen MR) is 89.1 cm³/mol. The first-order chi connectivity index (χ1) is 11.1. The van der Waals surface area contributed by atoms with Crippen molar-refractivity contribution >= 4 is 11.6 Å². The minimum Gasteiger partial charge on any atom is -0.497 e. The molecule has 2 aromatic rings. The van der Waals surface area contributed by atoms with Gasteiger partial charge in [0.25, 0.3) is 0 Å². The van der Waals surface area contributed by atoms with E-state index < -0.39 is 0 Å². The number of methoxy groups -OCH3 is 2. The minimum absolute atomic E-state index is 0.223. The van der Waals surface area contributed by atoms with E-state index in [2.05, 4.69) is 10.3 Å². The largest absolute Gasteiger partial charge is 0.497 e. The SMILES string of the molecule is COCc1cc(CN=C(N)Nc2cccc(OC)c2)ccc1F. The smallest absolute Gasteiger partial charge is 0.193 e. The first-order valence-electron chi connectivity index (χ1n) is 7.09. The fourth-order valence-corrected chi connectivity index (χ4v) is 2.06. The Kier molecular flexibility index (Phi) is 5.94. The lowest BCUT2D eigenvalue weighted by atomic mass is 10.1. The number of aliphatic imine (C=N–C) groups is 1. The zero-order chi connectivity index (χ0) is 16.7. The van der Waals surface area contributed by atoms with Crippen molar-refractivity contribution in [2.24, 2.45) is 10.7 Å². The lowest BCUT2D eigenvalue weighted by Crippen LogP contribution is -2.22. The van der Waals surface area contributed by atoms with Gasteiger partial charge in [-0.15, -0.1) is 0 Å². The summed E-state index contributed by atoms with van der Waals surface area (Å²) in [4.78, 5) is 4.26. The summed E-state index contributed by atoms with van der Waals surface area (Å²) in [5.41, 5.74) is 8.01. The normalized spacial score (nSPS) is 11.3. The van der Waals surface area contributed by atoms with Gasteiger partial charge in [-0.1, -0.05) is 12.1 Å². The lowest BCUT2D eigenvalue weighted by Gasteiger charge is -2.08. The Morgan fingerprint density at radius 2 is 2.04 bits per heavy atom. The monoisotopic (exact) mass is 317 g/mol. The highest BCUT2D eigenvalue weighted by Gasteiger charge is 2.03. The molecule has 0 aliphatic carbocycles. The Morgan fingerprint density at radius 1 is 1.22 bits per heavy atom. The second-order valence-corrected chi connectivity index (χ2v) is 4.92. The van der Waals surface area contributed by atoms with Gasteiger partial charge in [0.05, 0.1) is 20.3 Å². The first-order valence-corrected chi connectivity index (χ1v) is 7.09. The second-order valence-electron chi connectivity index (χ2n) is 4.92. The number of nitrogens with one attached hydrogen (secondary N) is 1. The van der Waals surface area contributed by atoms with E-state index in [1.807, 2.05) is 24.3 Å². The average Bonchev–Trinajstić information content (AvgIpc) is 2.56. The second kappa shape index (κ2) is 8.14. The third-order valence-corrected chi connectivity index (χ3v) is 3.18. The molecule has 3 N–H and O–H groups in total. The van der Waals surface area contributed by atoms with Gasteiger partial charge < -0.3 is 20.5 Å². The molecule has 0 aliphatic rings. The molecule has 5 nitrogen and oxygen atoms in total. The number of hydrogen-bond donors (Lipinski definition) is 2. The van der Waals surface area contributed by atoms with Crippen LogP contribution in [0.4, 0.5) is 10.1 Å². The summed E-state index contributed by atoms with van der Waals surface area (Å²) in [6.07, 6.45) is 0. The summed E-state index contributed by atoms with van der Waals surface area (Å²) in [7, 11) is 3.13. The summed E-state index contributed by atoms with van der Waals surface area (Å²) in [5, 5.41) is 2.99. The van der Waals surface area contributed by atoms with Crippen molar-refractivity contribution in [3.8, 4) is 5.75 Å².